The number of ether oxygens (including phenoxy) is 1. The van der Waals surface area contributed by atoms with E-state index in [9.17, 15) is 15.0 Å². The third kappa shape index (κ3) is 5.03. The lowest BCUT2D eigenvalue weighted by Gasteiger charge is -2.62. The van der Waals surface area contributed by atoms with Gasteiger partial charge in [0, 0.05) is 6.42 Å². The maximum absolute atomic E-state index is 12.5. The van der Waals surface area contributed by atoms with Gasteiger partial charge in [-0.1, -0.05) is 20.8 Å². The summed E-state index contributed by atoms with van der Waals surface area (Å²) in [5.74, 6) is 3.79. The quantitative estimate of drug-likeness (QED) is 0.322. The summed E-state index contributed by atoms with van der Waals surface area (Å²) in [5.41, 5.74) is 4.11. The van der Waals surface area contributed by atoms with E-state index < -0.39 is 0 Å². The summed E-state index contributed by atoms with van der Waals surface area (Å²) in [4.78, 5) is 12.5. The summed E-state index contributed by atoms with van der Waals surface area (Å²) < 4.78 is 5.17. The topological polar surface area (TPSA) is 91.2 Å². The van der Waals surface area contributed by atoms with Crippen molar-refractivity contribution >= 4 is 12.1 Å². The molecule has 3 N–H and O–H groups in total. The smallest absolute Gasteiger partial charge is 0.240 e. The summed E-state index contributed by atoms with van der Waals surface area (Å²) in [6, 6.07) is 7.56. The molecule has 38 heavy (non-hydrogen) atoms. The van der Waals surface area contributed by atoms with Crippen LogP contribution in [0.15, 0.2) is 29.4 Å². The summed E-state index contributed by atoms with van der Waals surface area (Å²) in [6.45, 7) is 7.29. The molecule has 10 atom stereocenters. The van der Waals surface area contributed by atoms with Crippen LogP contribution < -0.4 is 10.2 Å². The Labute approximate surface area is 228 Å². The van der Waals surface area contributed by atoms with E-state index in [1.54, 1.807) is 13.3 Å². The van der Waals surface area contributed by atoms with Gasteiger partial charge in [-0.2, -0.15) is 5.10 Å². The Morgan fingerprint density at radius 2 is 1.79 bits per heavy atom. The number of nitrogens with one attached hydrogen (secondary N) is 1. The van der Waals surface area contributed by atoms with Crippen LogP contribution in [0.1, 0.15) is 90.5 Å². The third-order valence-electron chi connectivity index (χ3n) is 11.8. The van der Waals surface area contributed by atoms with Crippen molar-refractivity contribution in [2.45, 2.75) is 97.2 Å². The molecule has 0 aliphatic heterocycles. The summed E-state index contributed by atoms with van der Waals surface area (Å²) in [5, 5.41) is 25.9. The average Bonchev–Trinajstić information content (AvgIpc) is 3.26. The Hall–Kier alpha value is -1.92. The molecule has 1 amide bonds. The molecule has 1 aromatic carbocycles. The Bertz CT molecular complexity index is 1010. The van der Waals surface area contributed by atoms with Gasteiger partial charge in [0.1, 0.15) is 5.75 Å². The number of benzene rings is 1. The van der Waals surface area contributed by atoms with Crippen molar-refractivity contribution in [3.63, 3.8) is 0 Å². The zero-order valence-electron chi connectivity index (χ0n) is 23.7. The zero-order chi connectivity index (χ0) is 27.1. The van der Waals surface area contributed by atoms with Crippen molar-refractivity contribution in [3.8, 4) is 5.75 Å². The van der Waals surface area contributed by atoms with Crippen LogP contribution in [0.25, 0.3) is 0 Å². The second-order valence-corrected chi connectivity index (χ2v) is 13.5. The van der Waals surface area contributed by atoms with Gasteiger partial charge in [0.2, 0.25) is 5.91 Å². The molecular formula is C32H48N2O4. The van der Waals surface area contributed by atoms with Gasteiger partial charge in [-0.3, -0.25) is 4.79 Å². The first-order valence-electron chi connectivity index (χ1n) is 15.0. The van der Waals surface area contributed by atoms with E-state index in [0.717, 1.165) is 43.4 Å². The molecule has 0 bridgehead atoms. The number of aliphatic hydroxyl groups excluding tert-OH is 2. The van der Waals surface area contributed by atoms with Crippen LogP contribution in [-0.2, 0) is 4.79 Å². The zero-order valence-corrected chi connectivity index (χ0v) is 23.7. The normalized spacial score (nSPS) is 41.2. The molecule has 210 valence electrons. The summed E-state index contributed by atoms with van der Waals surface area (Å²) >= 11 is 0. The minimum atomic E-state index is -0.239. The molecule has 6 nitrogen and oxygen atoms in total. The van der Waals surface area contributed by atoms with Crippen LogP contribution in [0.2, 0.25) is 0 Å². The predicted octanol–water partition coefficient (Wildman–Crippen LogP) is 5.55. The molecule has 0 aromatic heterocycles. The van der Waals surface area contributed by atoms with Crippen LogP contribution in [-0.4, -0.2) is 41.7 Å². The Kier molecular flexibility index (Phi) is 7.94. The van der Waals surface area contributed by atoms with Gasteiger partial charge < -0.3 is 14.9 Å². The first kappa shape index (κ1) is 27.6. The van der Waals surface area contributed by atoms with Gasteiger partial charge in [-0.15, -0.1) is 0 Å². The number of amides is 1. The van der Waals surface area contributed by atoms with Crippen LogP contribution in [0.3, 0.4) is 0 Å². The lowest BCUT2D eigenvalue weighted by molar-refractivity contribution is -0.174. The standard InChI is InChI=1S/C32H48N2O4/c1-20(5-12-29(37)34-33-19-21-6-8-24(38-4)9-7-21)25-10-11-26-30-27(14-16-32(25,26)3)31(2)15-13-23(35)17-22(31)18-28(30)36/h6-9,19-20,22-23,25-28,30,35-36H,5,10-18H2,1-4H3,(H,34,37). The first-order chi connectivity index (χ1) is 18.2. The highest BCUT2D eigenvalue weighted by Gasteiger charge is 2.62. The highest BCUT2D eigenvalue weighted by Crippen LogP contribution is 2.68. The maximum Gasteiger partial charge on any atom is 0.240 e. The van der Waals surface area contributed by atoms with Gasteiger partial charge >= 0.3 is 0 Å². The first-order valence-corrected chi connectivity index (χ1v) is 15.0. The fraction of sp³-hybridized carbons (Fsp3) is 0.750. The number of methoxy groups -OCH3 is 1. The van der Waals surface area contributed by atoms with Crippen molar-refractivity contribution < 1.29 is 19.7 Å². The molecule has 4 aliphatic carbocycles. The molecule has 0 heterocycles. The highest BCUT2D eigenvalue weighted by atomic mass is 16.5. The van der Waals surface area contributed by atoms with Crippen LogP contribution in [0.4, 0.5) is 0 Å². The van der Waals surface area contributed by atoms with Gasteiger partial charge in [-0.05, 0) is 134 Å². The lowest BCUT2D eigenvalue weighted by Crippen LogP contribution is -2.58. The molecular weight excluding hydrogens is 476 g/mol. The van der Waals surface area contributed by atoms with Crippen molar-refractivity contribution in [2.24, 2.45) is 51.4 Å². The molecule has 0 saturated heterocycles. The van der Waals surface area contributed by atoms with Crippen LogP contribution in [0.5, 0.6) is 5.75 Å². The molecule has 10 unspecified atom stereocenters. The molecule has 6 heteroatoms. The number of aliphatic hydroxyl groups is 2. The van der Waals surface area contributed by atoms with E-state index in [4.69, 9.17) is 4.74 Å². The molecule has 0 spiro atoms. The number of hydrogen-bond donors (Lipinski definition) is 3. The Balaban J connectivity index is 1.17. The van der Waals surface area contributed by atoms with E-state index in [1.807, 2.05) is 24.3 Å². The Morgan fingerprint density at radius 1 is 1.08 bits per heavy atom. The average molecular weight is 525 g/mol. The van der Waals surface area contributed by atoms with Crippen molar-refractivity contribution in [3.05, 3.63) is 29.8 Å². The molecule has 0 radical (unpaired) electrons. The van der Waals surface area contributed by atoms with E-state index in [2.05, 4.69) is 31.3 Å². The molecule has 5 rings (SSSR count). The van der Waals surface area contributed by atoms with Crippen molar-refractivity contribution in [1.29, 1.82) is 0 Å². The number of carbonyl (C=O) groups excluding carboxylic acids is 1. The highest BCUT2D eigenvalue weighted by molar-refractivity contribution is 5.82. The number of rotatable bonds is 7. The van der Waals surface area contributed by atoms with E-state index in [0.29, 0.717) is 41.9 Å². The minimum absolute atomic E-state index is 0.0359. The van der Waals surface area contributed by atoms with E-state index in [1.165, 1.54) is 25.7 Å². The Morgan fingerprint density at radius 3 is 2.53 bits per heavy atom. The third-order valence-corrected chi connectivity index (χ3v) is 11.8. The fourth-order valence-electron chi connectivity index (χ4n) is 9.66. The lowest BCUT2D eigenvalue weighted by atomic mass is 9.43. The van der Waals surface area contributed by atoms with Crippen molar-refractivity contribution in [1.82, 2.24) is 5.43 Å². The second kappa shape index (κ2) is 10.9. The monoisotopic (exact) mass is 524 g/mol. The number of nitrogens with zero attached hydrogens (tertiary/aromatic N) is 1. The molecule has 4 saturated carbocycles. The van der Waals surface area contributed by atoms with Gasteiger partial charge in [0.05, 0.1) is 25.5 Å². The molecule has 4 aliphatic rings. The van der Waals surface area contributed by atoms with Gasteiger partial charge in [0.25, 0.3) is 0 Å². The van der Waals surface area contributed by atoms with Crippen molar-refractivity contribution in [2.75, 3.05) is 7.11 Å². The second-order valence-electron chi connectivity index (χ2n) is 13.5. The largest absolute Gasteiger partial charge is 0.497 e. The van der Waals surface area contributed by atoms with Crippen LogP contribution in [0, 0.1) is 46.3 Å². The van der Waals surface area contributed by atoms with Crippen LogP contribution >= 0.6 is 0 Å². The maximum atomic E-state index is 12.5. The predicted molar refractivity (Wildman–Crippen MR) is 150 cm³/mol. The van der Waals surface area contributed by atoms with Gasteiger partial charge in [0.15, 0.2) is 0 Å². The summed E-state index contributed by atoms with van der Waals surface area (Å²) in [7, 11) is 1.64. The molecule has 4 fully saturated rings. The summed E-state index contributed by atoms with van der Waals surface area (Å²) in [6.07, 6.45) is 11.2. The van der Waals surface area contributed by atoms with E-state index in [-0.39, 0.29) is 28.9 Å². The number of fused-ring (bicyclic) bond motifs is 5. The number of carbonyl (C=O) groups is 1. The van der Waals surface area contributed by atoms with E-state index >= 15 is 0 Å². The number of hydrogen-bond acceptors (Lipinski definition) is 5. The minimum Gasteiger partial charge on any atom is -0.497 e. The van der Waals surface area contributed by atoms with Gasteiger partial charge in [-0.25, -0.2) is 5.43 Å². The molecule has 1 aromatic rings. The SMILES string of the molecule is COc1ccc(C=NNC(=O)CCC(C)C2CCC3C4C(O)CC5CC(O)CCC5(C)C4CCC23C)cc1. The number of hydrazone groups is 1. The fourth-order valence-corrected chi connectivity index (χ4v) is 9.66.